The van der Waals surface area contributed by atoms with Crippen LogP contribution in [0.4, 0.5) is 0 Å². The average molecular weight is 347 g/mol. The van der Waals surface area contributed by atoms with Crippen molar-refractivity contribution < 1.29 is 4.79 Å². The molecule has 4 aliphatic heterocycles. The van der Waals surface area contributed by atoms with Gasteiger partial charge in [-0.25, -0.2) is 0 Å². The maximum atomic E-state index is 12.0. The predicted octanol–water partition coefficient (Wildman–Crippen LogP) is 3.31. The highest BCUT2D eigenvalue weighted by Crippen LogP contribution is 2.42. The minimum Gasteiger partial charge on any atom is -0.312 e. The van der Waals surface area contributed by atoms with Crippen molar-refractivity contribution in [1.29, 1.82) is 0 Å². The van der Waals surface area contributed by atoms with E-state index in [4.69, 9.17) is 0 Å². The smallest absolute Gasteiger partial charge is 0.160 e. The summed E-state index contributed by atoms with van der Waals surface area (Å²) in [6.45, 7) is 5.19. The number of pyridine rings is 1. The summed E-state index contributed by atoms with van der Waals surface area (Å²) in [5.74, 6) is 1.74. The Labute approximate surface area is 154 Å². The lowest BCUT2D eigenvalue weighted by atomic mass is 9.79. The van der Waals surface area contributed by atoms with Crippen LogP contribution >= 0.6 is 0 Å². The summed E-state index contributed by atoms with van der Waals surface area (Å²) in [6.07, 6.45) is 6.56. The monoisotopic (exact) mass is 347 g/mol. The number of ketones is 1. The molecule has 0 saturated carbocycles. The lowest BCUT2D eigenvalue weighted by Crippen LogP contribution is -2.50. The van der Waals surface area contributed by atoms with E-state index < -0.39 is 0 Å². The summed E-state index contributed by atoms with van der Waals surface area (Å²) < 4.78 is 0. The molecule has 4 bridgehead atoms. The van der Waals surface area contributed by atoms with Crippen LogP contribution in [-0.4, -0.2) is 41.3 Å². The highest BCUT2D eigenvalue weighted by atomic mass is 16.1. The molecule has 26 heavy (non-hydrogen) atoms. The van der Waals surface area contributed by atoms with Gasteiger partial charge in [0.1, 0.15) is 0 Å². The SMILES string of the molecule is CC(=O)c1ccccc1-c1cncc(C2C3CC4CC(CN3)CN2C4)c1. The normalized spacial score (nSPS) is 32.4. The van der Waals surface area contributed by atoms with Crippen LogP contribution in [0, 0.1) is 11.8 Å². The summed E-state index contributed by atoms with van der Waals surface area (Å²) in [6, 6.07) is 11.0. The molecular formula is C22H25N3O. The number of hydrogen-bond acceptors (Lipinski definition) is 4. The number of fused-ring (bicyclic) bond motifs is 1. The first-order valence-corrected chi connectivity index (χ1v) is 9.72. The topological polar surface area (TPSA) is 45.2 Å². The third-order valence-electron chi connectivity index (χ3n) is 6.40. The number of carbonyl (C=O) groups is 1. The second-order valence-electron chi connectivity index (χ2n) is 8.23. The zero-order valence-electron chi connectivity index (χ0n) is 15.2. The van der Waals surface area contributed by atoms with Crippen molar-refractivity contribution in [3.8, 4) is 11.1 Å². The summed E-state index contributed by atoms with van der Waals surface area (Å²) in [5, 5.41) is 3.82. The molecule has 5 heterocycles. The number of aromatic nitrogens is 1. The van der Waals surface area contributed by atoms with Crippen molar-refractivity contribution in [3.63, 3.8) is 0 Å². The van der Waals surface area contributed by atoms with Gasteiger partial charge in [0.25, 0.3) is 0 Å². The number of rotatable bonds is 3. The number of nitrogens with one attached hydrogen (secondary N) is 1. The van der Waals surface area contributed by atoms with Gasteiger partial charge in [0, 0.05) is 42.7 Å². The van der Waals surface area contributed by atoms with Crippen molar-refractivity contribution in [2.24, 2.45) is 11.8 Å². The maximum absolute atomic E-state index is 12.0. The van der Waals surface area contributed by atoms with Crippen LogP contribution in [0.3, 0.4) is 0 Å². The van der Waals surface area contributed by atoms with Gasteiger partial charge in [-0.3, -0.25) is 14.7 Å². The lowest BCUT2D eigenvalue weighted by Gasteiger charge is -2.46. The summed E-state index contributed by atoms with van der Waals surface area (Å²) in [4.78, 5) is 19.3. The van der Waals surface area contributed by atoms with Crippen LogP contribution in [0.2, 0.25) is 0 Å². The summed E-state index contributed by atoms with van der Waals surface area (Å²) in [5.41, 5.74) is 4.08. The number of carbonyl (C=O) groups excluding carboxylic acids is 1. The van der Waals surface area contributed by atoms with Crippen LogP contribution in [0.1, 0.15) is 41.7 Å². The molecule has 4 nitrogen and oxygen atoms in total. The Balaban J connectivity index is 1.54. The Morgan fingerprint density at radius 3 is 2.88 bits per heavy atom. The van der Waals surface area contributed by atoms with E-state index in [1.165, 1.54) is 31.5 Å². The molecule has 5 atom stereocenters. The molecule has 4 aliphatic rings. The van der Waals surface area contributed by atoms with E-state index in [1.807, 2.05) is 36.7 Å². The van der Waals surface area contributed by atoms with E-state index in [1.54, 1.807) is 6.92 Å². The Morgan fingerprint density at radius 2 is 2.00 bits per heavy atom. The highest BCUT2D eigenvalue weighted by molar-refractivity contribution is 6.00. The molecule has 0 radical (unpaired) electrons. The van der Waals surface area contributed by atoms with Gasteiger partial charge < -0.3 is 5.32 Å². The molecule has 2 aromatic rings. The van der Waals surface area contributed by atoms with Crippen molar-refractivity contribution in [1.82, 2.24) is 15.2 Å². The molecule has 4 saturated heterocycles. The summed E-state index contributed by atoms with van der Waals surface area (Å²) in [7, 11) is 0. The third-order valence-corrected chi connectivity index (χ3v) is 6.40. The minimum atomic E-state index is 0.0999. The van der Waals surface area contributed by atoms with Crippen LogP contribution in [0.5, 0.6) is 0 Å². The first-order valence-electron chi connectivity index (χ1n) is 9.72. The quantitative estimate of drug-likeness (QED) is 0.866. The van der Waals surface area contributed by atoms with Crippen LogP contribution in [0.25, 0.3) is 11.1 Å². The first-order chi connectivity index (χ1) is 12.7. The van der Waals surface area contributed by atoms with Gasteiger partial charge in [-0.1, -0.05) is 24.3 Å². The van der Waals surface area contributed by atoms with Gasteiger partial charge in [-0.2, -0.15) is 0 Å². The number of Topliss-reactive ketones (excluding diaryl/α,β-unsaturated/α-hetero) is 1. The van der Waals surface area contributed by atoms with E-state index in [0.29, 0.717) is 12.1 Å². The van der Waals surface area contributed by atoms with Gasteiger partial charge in [0.2, 0.25) is 0 Å². The minimum absolute atomic E-state index is 0.0999. The first kappa shape index (κ1) is 16.2. The molecule has 134 valence electrons. The molecule has 4 heteroatoms. The standard InChI is InChI=1S/C22H25N3O/c1-14(26)19-4-2-3-5-20(19)17-8-18(11-23-10-17)22-21-7-15-6-16(9-24-21)13-25(22)12-15/h2-5,8,10-11,15-16,21-22,24H,6-7,9,12-13H2,1H3. The van der Waals surface area contributed by atoms with Gasteiger partial charge in [-0.15, -0.1) is 0 Å². The maximum Gasteiger partial charge on any atom is 0.160 e. The van der Waals surface area contributed by atoms with Crippen molar-refractivity contribution in [2.75, 3.05) is 19.6 Å². The number of nitrogens with zero attached hydrogens (tertiary/aromatic N) is 2. The van der Waals surface area contributed by atoms with Gasteiger partial charge >= 0.3 is 0 Å². The predicted molar refractivity (Wildman–Crippen MR) is 102 cm³/mol. The Morgan fingerprint density at radius 1 is 1.15 bits per heavy atom. The molecule has 5 unspecified atom stereocenters. The Kier molecular flexibility index (Phi) is 3.91. The molecular weight excluding hydrogens is 322 g/mol. The van der Waals surface area contributed by atoms with E-state index in [-0.39, 0.29) is 5.78 Å². The molecule has 6 rings (SSSR count). The highest BCUT2D eigenvalue weighted by Gasteiger charge is 2.44. The second-order valence-corrected chi connectivity index (χ2v) is 8.23. The Hall–Kier alpha value is -2.04. The fourth-order valence-corrected chi connectivity index (χ4v) is 5.41. The van der Waals surface area contributed by atoms with Gasteiger partial charge in [-0.05, 0) is 55.3 Å². The molecule has 1 N–H and O–H groups in total. The second kappa shape index (κ2) is 6.29. The van der Waals surface area contributed by atoms with Crippen molar-refractivity contribution in [3.05, 3.63) is 53.9 Å². The molecule has 0 spiro atoms. The van der Waals surface area contributed by atoms with E-state index >= 15 is 0 Å². The fraction of sp³-hybridized carbons (Fsp3) is 0.455. The molecule has 0 aliphatic carbocycles. The van der Waals surface area contributed by atoms with Crippen molar-refractivity contribution in [2.45, 2.75) is 31.8 Å². The number of benzene rings is 1. The van der Waals surface area contributed by atoms with Crippen LogP contribution in [-0.2, 0) is 0 Å². The third kappa shape index (κ3) is 2.68. The van der Waals surface area contributed by atoms with E-state index in [9.17, 15) is 4.79 Å². The molecule has 1 aromatic heterocycles. The number of hydrogen-bond donors (Lipinski definition) is 1. The fourth-order valence-electron chi connectivity index (χ4n) is 5.41. The molecule has 0 amide bonds. The average Bonchev–Trinajstić information content (AvgIpc) is 2.87. The zero-order chi connectivity index (χ0) is 17.7. The molecule has 4 fully saturated rings. The van der Waals surface area contributed by atoms with Gasteiger partial charge in [0.15, 0.2) is 5.78 Å². The Bertz CT molecular complexity index is 841. The van der Waals surface area contributed by atoms with E-state index in [0.717, 1.165) is 35.1 Å². The largest absolute Gasteiger partial charge is 0.312 e. The molecule has 1 aromatic carbocycles. The van der Waals surface area contributed by atoms with Crippen molar-refractivity contribution >= 4 is 5.78 Å². The van der Waals surface area contributed by atoms with Crippen LogP contribution in [0.15, 0.2) is 42.7 Å². The van der Waals surface area contributed by atoms with Gasteiger partial charge in [0.05, 0.1) is 6.04 Å². The van der Waals surface area contributed by atoms with E-state index in [2.05, 4.69) is 21.3 Å². The number of piperidine rings is 2. The summed E-state index contributed by atoms with van der Waals surface area (Å²) >= 11 is 0. The lowest BCUT2D eigenvalue weighted by molar-refractivity contribution is 0.0425. The van der Waals surface area contributed by atoms with Crippen LogP contribution < -0.4 is 5.32 Å². The zero-order valence-corrected chi connectivity index (χ0v) is 15.2.